The van der Waals surface area contributed by atoms with Crippen molar-refractivity contribution in [3.05, 3.63) is 42.1 Å². The summed E-state index contributed by atoms with van der Waals surface area (Å²) in [4.78, 5) is 6.94. The molecular formula is C16H19N3. The maximum absolute atomic E-state index is 5.76. The lowest BCUT2D eigenvalue weighted by Gasteiger charge is -2.19. The molecule has 1 saturated carbocycles. The summed E-state index contributed by atoms with van der Waals surface area (Å²) in [5, 5.41) is 1.24. The first-order chi connectivity index (χ1) is 9.35. The van der Waals surface area contributed by atoms with Crippen LogP contribution in [0.5, 0.6) is 0 Å². The lowest BCUT2D eigenvalue weighted by Crippen LogP contribution is -2.25. The van der Waals surface area contributed by atoms with Crippen LogP contribution < -0.4 is 5.73 Å². The molecule has 3 atom stereocenters. The Labute approximate surface area is 113 Å². The quantitative estimate of drug-likeness (QED) is 0.908. The van der Waals surface area contributed by atoms with E-state index in [1.807, 2.05) is 12.3 Å². The summed E-state index contributed by atoms with van der Waals surface area (Å²) in [6.07, 6.45) is 1.85. The molecule has 3 heteroatoms. The summed E-state index contributed by atoms with van der Waals surface area (Å²) in [6, 6.07) is 10.7. The van der Waals surface area contributed by atoms with Crippen LogP contribution in [0.1, 0.15) is 5.56 Å². The van der Waals surface area contributed by atoms with E-state index in [1.165, 1.54) is 24.0 Å². The number of benzene rings is 1. The molecule has 2 heterocycles. The van der Waals surface area contributed by atoms with Gasteiger partial charge >= 0.3 is 0 Å². The summed E-state index contributed by atoms with van der Waals surface area (Å²) in [6.45, 7) is 4.41. The molecule has 2 fully saturated rings. The van der Waals surface area contributed by atoms with E-state index in [4.69, 9.17) is 5.73 Å². The Hall–Kier alpha value is -1.45. The van der Waals surface area contributed by atoms with Crippen LogP contribution in [-0.2, 0) is 6.54 Å². The average Bonchev–Trinajstić information content (AvgIpc) is 2.93. The second-order valence-electron chi connectivity index (χ2n) is 5.95. The molecule has 98 valence electrons. The highest BCUT2D eigenvalue weighted by Gasteiger charge is 2.54. The van der Waals surface area contributed by atoms with Gasteiger partial charge in [-0.15, -0.1) is 0 Å². The Bertz CT molecular complexity index is 598. The summed E-state index contributed by atoms with van der Waals surface area (Å²) < 4.78 is 0. The van der Waals surface area contributed by atoms with Crippen LogP contribution in [0.15, 0.2) is 36.5 Å². The molecule has 1 aromatic heterocycles. The van der Waals surface area contributed by atoms with Crippen molar-refractivity contribution in [1.29, 1.82) is 0 Å². The number of fused-ring (bicyclic) bond motifs is 2. The van der Waals surface area contributed by atoms with E-state index in [9.17, 15) is 0 Å². The lowest BCUT2D eigenvalue weighted by atomic mass is 10.1. The third kappa shape index (κ3) is 1.94. The number of hydrogen-bond donors (Lipinski definition) is 1. The van der Waals surface area contributed by atoms with Gasteiger partial charge in [0.25, 0.3) is 0 Å². The Morgan fingerprint density at radius 1 is 1.21 bits per heavy atom. The maximum atomic E-state index is 5.76. The molecule has 0 radical (unpaired) electrons. The number of pyridine rings is 1. The fourth-order valence-corrected chi connectivity index (χ4v) is 3.70. The monoisotopic (exact) mass is 253 g/mol. The maximum Gasteiger partial charge on any atom is 0.0702 e. The third-order valence-corrected chi connectivity index (χ3v) is 4.79. The third-order valence-electron chi connectivity index (χ3n) is 4.79. The zero-order valence-electron chi connectivity index (χ0n) is 11.0. The van der Waals surface area contributed by atoms with Crippen LogP contribution in [0.4, 0.5) is 0 Å². The van der Waals surface area contributed by atoms with Crippen LogP contribution in [0.2, 0.25) is 0 Å². The molecule has 0 amide bonds. The highest BCUT2D eigenvalue weighted by atomic mass is 15.2. The smallest absolute Gasteiger partial charge is 0.0702 e. The van der Waals surface area contributed by atoms with Crippen LogP contribution >= 0.6 is 0 Å². The molecule has 2 N–H and O–H groups in total. The van der Waals surface area contributed by atoms with Gasteiger partial charge in [-0.1, -0.05) is 12.1 Å². The zero-order valence-corrected chi connectivity index (χ0v) is 11.0. The van der Waals surface area contributed by atoms with Crippen molar-refractivity contribution in [3.63, 3.8) is 0 Å². The van der Waals surface area contributed by atoms with Gasteiger partial charge in [-0.3, -0.25) is 9.88 Å². The highest BCUT2D eigenvalue weighted by Crippen LogP contribution is 2.51. The van der Waals surface area contributed by atoms with Crippen molar-refractivity contribution in [3.8, 4) is 0 Å². The number of rotatable bonds is 3. The molecule has 1 unspecified atom stereocenters. The summed E-state index contributed by atoms with van der Waals surface area (Å²) >= 11 is 0. The van der Waals surface area contributed by atoms with Crippen LogP contribution in [0.3, 0.4) is 0 Å². The first-order valence-electron chi connectivity index (χ1n) is 7.11. The number of hydrogen-bond acceptors (Lipinski definition) is 3. The molecule has 1 saturated heterocycles. The van der Waals surface area contributed by atoms with E-state index in [2.05, 4.69) is 34.1 Å². The summed E-state index contributed by atoms with van der Waals surface area (Å²) in [5.41, 5.74) is 8.24. The minimum absolute atomic E-state index is 0.817. The highest BCUT2D eigenvalue weighted by molar-refractivity contribution is 5.78. The molecule has 1 aromatic carbocycles. The minimum Gasteiger partial charge on any atom is -0.330 e. The van der Waals surface area contributed by atoms with Gasteiger partial charge in [-0.2, -0.15) is 0 Å². The first kappa shape index (κ1) is 11.4. The number of aromatic nitrogens is 1. The standard InChI is InChI=1S/C16H19N3/c17-7-13-14-9-19(10-15(13)14)8-11-3-4-16-12(6-11)2-1-5-18-16/h1-6,13-15H,7-10,17H2/t13?,14-,15+. The van der Waals surface area contributed by atoms with E-state index in [1.54, 1.807) is 0 Å². The summed E-state index contributed by atoms with van der Waals surface area (Å²) in [5.74, 6) is 2.58. The molecule has 0 bridgehead atoms. The van der Waals surface area contributed by atoms with Crippen molar-refractivity contribution in [2.45, 2.75) is 6.54 Å². The van der Waals surface area contributed by atoms with Gasteiger partial charge in [0.15, 0.2) is 0 Å². The van der Waals surface area contributed by atoms with Crippen molar-refractivity contribution >= 4 is 10.9 Å². The zero-order chi connectivity index (χ0) is 12.8. The van der Waals surface area contributed by atoms with Crippen molar-refractivity contribution in [2.75, 3.05) is 19.6 Å². The minimum atomic E-state index is 0.817. The predicted molar refractivity (Wildman–Crippen MR) is 76.5 cm³/mol. The number of likely N-dealkylation sites (tertiary alicyclic amines) is 1. The average molecular weight is 253 g/mol. The summed E-state index contributed by atoms with van der Waals surface area (Å²) in [7, 11) is 0. The van der Waals surface area contributed by atoms with Crippen LogP contribution in [-0.4, -0.2) is 29.5 Å². The van der Waals surface area contributed by atoms with E-state index < -0.39 is 0 Å². The van der Waals surface area contributed by atoms with Crippen molar-refractivity contribution in [2.24, 2.45) is 23.5 Å². The van der Waals surface area contributed by atoms with Gasteiger partial charge in [0.05, 0.1) is 5.52 Å². The van der Waals surface area contributed by atoms with Crippen molar-refractivity contribution < 1.29 is 0 Å². The second kappa shape index (κ2) is 4.29. The molecule has 4 rings (SSSR count). The normalized spacial score (nSPS) is 29.6. The van der Waals surface area contributed by atoms with Gasteiger partial charge in [0.2, 0.25) is 0 Å². The molecule has 0 spiro atoms. The molecule has 2 aliphatic rings. The SMILES string of the molecule is NCC1[C@H]2CN(Cc3ccc4ncccc4c3)C[C@@H]12. The van der Waals surface area contributed by atoms with Gasteiger partial charge in [0, 0.05) is 31.2 Å². The fourth-order valence-electron chi connectivity index (χ4n) is 3.70. The fraction of sp³-hybridized carbons (Fsp3) is 0.438. The Morgan fingerprint density at radius 3 is 2.84 bits per heavy atom. The van der Waals surface area contributed by atoms with Crippen molar-refractivity contribution in [1.82, 2.24) is 9.88 Å². The molecule has 1 aliphatic carbocycles. The predicted octanol–water partition coefficient (Wildman–Crippen LogP) is 1.87. The van der Waals surface area contributed by atoms with E-state index >= 15 is 0 Å². The van der Waals surface area contributed by atoms with E-state index in [0.717, 1.165) is 36.4 Å². The largest absolute Gasteiger partial charge is 0.330 e. The Kier molecular flexibility index (Phi) is 2.57. The van der Waals surface area contributed by atoms with Gasteiger partial charge < -0.3 is 5.73 Å². The van der Waals surface area contributed by atoms with E-state index in [-0.39, 0.29) is 0 Å². The number of nitrogens with zero attached hydrogens (tertiary/aromatic N) is 2. The van der Waals surface area contributed by atoms with Crippen LogP contribution in [0.25, 0.3) is 10.9 Å². The number of piperidine rings is 1. The van der Waals surface area contributed by atoms with Crippen LogP contribution in [0, 0.1) is 17.8 Å². The second-order valence-corrected chi connectivity index (χ2v) is 5.95. The van der Waals surface area contributed by atoms with E-state index in [0.29, 0.717) is 0 Å². The Balaban J connectivity index is 1.48. The lowest BCUT2D eigenvalue weighted by molar-refractivity contribution is 0.279. The first-order valence-corrected chi connectivity index (χ1v) is 7.11. The van der Waals surface area contributed by atoms with Gasteiger partial charge in [-0.25, -0.2) is 0 Å². The molecule has 1 aliphatic heterocycles. The Morgan fingerprint density at radius 2 is 2.05 bits per heavy atom. The number of nitrogens with two attached hydrogens (primary N) is 1. The molecule has 19 heavy (non-hydrogen) atoms. The van der Waals surface area contributed by atoms with Gasteiger partial charge in [0.1, 0.15) is 0 Å². The topological polar surface area (TPSA) is 42.1 Å². The van der Waals surface area contributed by atoms with Gasteiger partial charge in [-0.05, 0) is 48.1 Å². The molecular weight excluding hydrogens is 234 g/mol. The molecule has 2 aromatic rings. The molecule has 3 nitrogen and oxygen atoms in total.